The summed E-state index contributed by atoms with van der Waals surface area (Å²) >= 11 is 11.2. The number of benzene rings is 1. The summed E-state index contributed by atoms with van der Waals surface area (Å²) in [5.41, 5.74) is 0.443. The van der Waals surface area contributed by atoms with Crippen LogP contribution in [0.3, 0.4) is 0 Å². The third kappa shape index (κ3) is 2.41. The van der Waals surface area contributed by atoms with Crippen molar-refractivity contribution in [2.45, 2.75) is 0 Å². The third-order valence-corrected chi connectivity index (χ3v) is 3.80. The molecule has 0 aromatic heterocycles. The maximum atomic E-state index is 11.6. The van der Waals surface area contributed by atoms with E-state index in [1.54, 1.807) is 6.07 Å². The van der Waals surface area contributed by atoms with E-state index in [1.807, 2.05) is 6.07 Å². The Bertz CT molecular complexity index is 368. The van der Waals surface area contributed by atoms with Crippen LogP contribution in [0.2, 0.25) is 5.02 Å². The standard InChI is InChI=1S/C9H7BrClIO2/c1-14-7-3-2-5(12)9(11)8(7)6(13)4-10/h2-3H,4H2,1H3. The molecule has 0 spiro atoms. The fraction of sp³-hybridized carbons (Fsp3) is 0.222. The third-order valence-electron chi connectivity index (χ3n) is 1.68. The SMILES string of the molecule is COc1ccc(I)c(Cl)c1C(=O)CBr. The molecule has 0 heterocycles. The first-order valence-electron chi connectivity index (χ1n) is 3.73. The van der Waals surface area contributed by atoms with Gasteiger partial charge in [0.1, 0.15) is 5.75 Å². The van der Waals surface area contributed by atoms with Crippen molar-refractivity contribution < 1.29 is 9.53 Å². The minimum atomic E-state index is -0.0784. The minimum Gasteiger partial charge on any atom is -0.496 e. The van der Waals surface area contributed by atoms with E-state index >= 15 is 0 Å². The van der Waals surface area contributed by atoms with Crippen molar-refractivity contribution in [3.8, 4) is 5.75 Å². The number of ketones is 1. The van der Waals surface area contributed by atoms with E-state index in [2.05, 4.69) is 38.5 Å². The summed E-state index contributed by atoms with van der Waals surface area (Å²) in [6.45, 7) is 0. The van der Waals surface area contributed by atoms with Crippen molar-refractivity contribution in [2.75, 3.05) is 12.4 Å². The minimum absolute atomic E-state index is 0.0784. The van der Waals surface area contributed by atoms with E-state index in [0.717, 1.165) is 3.57 Å². The molecule has 0 amide bonds. The molecule has 76 valence electrons. The van der Waals surface area contributed by atoms with Gasteiger partial charge in [0.05, 0.1) is 23.0 Å². The fourth-order valence-corrected chi connectivity index (χ4v) is 2.02. The van der Waals surface area contributed by atoms with E-state index in [9.17, 15) is 4.79 Å². The summed E-state index contributed by atoms with van der Waals surface area (Å²) in [5.74, 6) is 0.435. The molecule has 0 bridgehead atoms. The molecule has 0 aliphatic heterocycles. The normalized spacial score (nSPS) is 10.0. The lowest BCUT2D eigenvalue weighted by Gasteiger charge is -2.09. The van der Waals surface area contributed by atoms with E-state index in [-0.39, 0.29) is 11.1 Å². The summed E-state index contributed by atoms with van der Waals surface area (Å²) in [5, 5.41) is 0.692. The number of hydrogen-bond donors (Lipinski definition) is 0. The molecule has 0 aliphatic rings. The zero-order valence-corrected chi connectivity index (χ0v) is 11.8. The molecule has 2 nitrogen and oxygen atoms in total. The molecule has 1 rings (SSSR count). The molecule has 1 aromatic carbocycles. The first-order valence-corrected chi connectivity index (χ1v) is 6.30. The Hall–Kier alpha value is 0.190. The molecule has 0 N–H and O–H groups in total. The molecular weight excluding hydrogens is 382 g/mol. The monoisotopic (exact) mass is 388 g/mol. The Morgan fingerprint density at radius 2 is 2.29 bits per heavy atom. The van der Waals surface area contributed by atoms with Gasteiger partial charge in [-0.25, -0.2) is 0 Å². The first-order chi connectivity index (χ1) is 6.61. The Morgan fingerprint density at radius 1 is 1.64 bits per heavy atom. The van der Waals surface area contributed by atoms with Crippen LogP contribution in [0.15, 0.2) is 12.1 Å². The van der Waals surface area contributed by atoms with Gasteiger partial charge >= 0.3 is 0 Å². The topological polar surface area (TPSA) is 26.3 Å². The van der Waals surface area contributed by atoms with Crippen LogP contribution in [0.25, 0.3) is 0 Å². The van der Waals surface area contributed by atoms with Crippen molar-refractivity contribution in [2.24, 2.45) is 0 Å². The van der Waals surface area contributed by atoms with Crippen LogP contribution < -0.4 is 4.74 Å². The Kier molecular flexibility index (Phi) is 4.66. The highest BCUT2D eigenvalue weighted by molar-refractivity contribution is 14.1. The lowest BCUT2D eigenvalue weighted by Crippen LogP contribution is -2.05. The van der Waals surface area contributed by atoms with Crippen molar-refractivity contribution >= 4 is 55.9 Å². The van der Waals surface area contributed by atoms with Crippen molar-refractivity contribution in [3.05, 3.63) is 26.3 Å². The maximum Gasteiger partial charge on any atom is 0.178 e. The smallest absolute Gasteiger partial charge is 0.178 e. The number of carbonyl (C=O) groups excluding carboxylic acids is 1. The lowest BCUT2D eigenvalue weighted by atomic mass is 10.1. The summed E-state index contributed by atoms with van der Waals surface area (Å²) in [4.78, 5) is 11.6. The second-order valence-electron chi connectivity index (χ2n) is 2.50. The molecule has 0 atom stereocenters. The van der Waals surface area contributed by atoms with Crippen LogP contribution in [0, 0.1) is 3.57 Å². The summed E-state index contributed by atoms with van der Waals surface area (Å²) < 4.78 is 5.92. The van der Waals surface area contributed by atoms with Gasteiger partial charge in [0.25, 0.3) is 0 Å². The van der Waals surface area contributed by atoms with Crippen LogP contribution >= 0.6 is 50.1 Å². The highest BCUT2D eigenvalue weighted by Crippen LogP contribution is 2.31. The van der Waals surface area contributed by atoms with E-state index in [1.165, 1.54) is 7.11 Å². The van der Waals surface area contributed by atoms with E-state index in [0.29, 0.717) is 16.3 Å². The highest BCUT2D eigenvalue weighted by atomic mass is 127. The number of Topliss-reactive ketones (excluding diaryl/α,β-unsaturated/α-hetero) is 1. The fourth-order valence-electron chi connectivity index (χ4n) is 1.03. The zero-order chi connectivity index (χ0) is 10.7. The number of carbonyl (C=O) groups is 1. The van der Waals surface area contributed by atoms with E-state index < -0.39 is 0 Å². The molecule has 5 heteroatoms. The molecule has 0 radical (unpaired) electrons. The van der Waals surface area contributed by atoms with Gasteiger partial charge < -0.3 is 4.74 Å². The van der Waals surface area contributed by atoms with Gasteiger partial charge in [-0.15, -0.1) is 0 Å². The largest absolute Gasteiger partial charge is 0.496 e. The average Bonchev–Trinajstić information content (AvgIpc) is 2.20. The van der Waals surface area contributed by atoms with Gasteiger partial charge in [-0.3, -0.25) is 4.79 Å². The van der Waals surface area contributed by atoms with Crippen molar-refractivity contribution in [3.63, 3.8) is 0 Å². The van der Waals surface area contributed by atoms with Gasteiger partial charge in [-0.1, -0.05) is 27.5 Å². The van der Waals surface area contributed by atoms with Gasteiger partial charge in [0.2, 0.25) is 0 Å². The molecule has 1 aromatic rings. The summed E-state index contributed by atoms with van der Waals surface area (Å²) in [7, 11) is 1.52. The van der Waals surface area contributed by atoms with Crippen LogP contribution in [0.5, 0.6) is 5.75 Å². The van der Waals surface area contributed by atoms with Gasteiger partial charge in [0, 0.05) is 3.57 Å². The number of rotatable bonds is 3. The van der Waals surface area contributed by atoms with Crippen LogP contribution in [-0.2, 0) is 0 Å². The first kappa shape index (κ1) is 12.3. The molecular formula is C9H7BrClIO2. The molecule has 0 saturated heterocycles. The predicted octanol–water partition coefficient (Wildman–Crippen LogP) is 3.53. The average molecular weight is 389 g/mol. The highest BCUT2D eigenvalue weighted by Gasteiger charge is 2.17. The van der Waals surface area contributed by atoms with Crippen LogP contribution in [0.4, 0.5) is 0 Å². The Morgan fingerprint density at radius 3 is 2.79 bits per heavy atom. The number of hydrogen-bond acceptors (Lipinski definition) is 2. The van der Waals surface area contributed by atoms with Crippen molar-refractivity contribution in [1.29, 1.82) is 0 Å². The van der Waals surface area contributed by atoms with Crippen molar-refractivity contribution in [1.82, 2.24) is 0 Å². The number of methoxy groups -OCH3 is 1. The Labute approximate surface area is 109 Å². The van der Waals surface area contributed by atoms with Gasteiger partial charge in [-0.2, -0.15) is 0 Å². The second kappa shape index (κ2) is 5.32. The molecule has 0 unspecified atom stereocenters. The van der Waals surface area contributed by atoms with Crippen LogP contribution in [-0.4, -0.2) is 18.2 Å². The van der Waals surface area contributed by atoms with Gasteiger partial charge in [0.15, 0.2) is 5.78 Å². The summed E-state index contributed by atoms with van der Waals surface area (Å²) in [6, 6.07) is 3.55. The molecule has 0 aliphatic carbocycles. The predicted molar refractivity (Wildman–Crippen MR) is 68.8 cm³/mol. The van der Waals surface area contributed by atoms with E-state index in [4.69, 9.17) is 16.3 Å². The lowest BCUT2D eigenvalue weighted by molar-refractivity contribution is 0.102. The number of ether oxygens (including phenoxy) is 1. The summed E-state index contributed by atoms with van der Waals surface area (Å²) in [6.07, 6.45) is 0. The zero-order valence-electron chi connectivity index (χ0n) is 7.31. The Balaban J connectivity index is 3.35. The number of alkyl halides is 1. The second-order valence-corrected chi connectivity index (χ2v) is 4.60. The molecule has 0 saturated carbocycles. The molecule has 14 heavy (non-hydrogen) atoms. The molecule has 0 fully saturated rings. The maximum absolute atomic E-state index is 11.6. The number of halogens is 3. The quantitative estimate of drug-likeness (QED) is 0.449. The van der Waals surface area contributed by atoms with Gasteiger partial charge in [-0.05, 0) is 34.7 Å². The van der Waals surface area contributed by atoms with Crippen LogP contribution in [0.1, 0.15) is 10.4 Å².